The number of carbonyl (C=O) groups excluding carboxylic acids is 2. The lowest BCUT2D eigenvalue weighted by atomic mass is 10.2. The summed E-state index contributed by atoms with van der Waals surface area (Å²) in [6, 6.07) is 16.6. The van der Waals surface area contributed by atoms with Gasteiger partial charge in [0.1, 0.15) is 18.0 Å². The van der Waals surface area contributed by atoms with E-state index in [4.69, 9.17) is 14.2 Å². The van der Waals surface area contributed by atoms with Crippen LogP contribution in [0.25, 0.3) is 10.9 Å². The molecule has 1 aliphatic heterocycles. The highest BCUT2D eigenvalue weighted by Gasteiger charge is 2.22. The molecule has 0 spiro atoms. The number of rotatable bonds is 4. The van der Waals surface area contributed by atoms with Crippen LogP contribution < -0.4 is 4.74 Å². The van der Waals surface area contributed by atoms with E-state index in [1.807, 2.05) is 51.1 Å². The van der Waals surface area contributed by atoms with Crippen LogP contribution in [0.5, 0.6) is 5.75 Å². The number of amides is 1. The third-order valence-corrected chi connectivity index (χ3v) is 5.15. The van der Waals surface area contributed by atoms with E-state index in [9.17, 15) is 9.59 Å². The van der Waals surface area contributed by atoms with Gasteiger partial charge in [-0.25, -0.2) is 9.36 Å². The number of carbonyl (C=O) groups is 2. The molecule has 0 saturated carbocycles. The molecule has 168 valence electrons. The Morgan fingerprint density at radius 2 is 1.69 bits per heavy atom. The van der Waals surface area contributed by atoms with Crippen molar-refractivity contribution in [3.05, 3.63) is 65.9 Å². The number of hydrogen-bond acceptors (Lipinski definition) is 5. The van der Waals surface area contributed by atoms with Gasteiger partial charge < -0.3 is 19.1 Å². The molecule has 32 heavy (non-hydrogen) atoms. The SMILES string of the molecule is CC(C)(C)OC(=O)n1c(COc2ccc(C(=O)N3CCOCC3)cc2)cc2ccccc21. The number of benzene rings is 2. The smallest absolute Gasteiger partial charge is 0.419 e. The molecule has 1 aromatic heterocycles. The van der Waals surface area contributed by atoms with Gasteiger partial charge >= 0.3 is 6.09 Å². The first-order valence-corrected chi connectivity index (χ1v) is 10.7. The van der Waals surface area contributed by atoms with Crippen LogP contribution in [-0.2, 0) is 16.1 Å². The molecule has 7 nitrogen and oxygen atoms in total. The fourth-order valence-electron chi connectivity index (χ4n) is 3.64. The molecule has 2 heterocycles. The van der Waals surface area contributed by atoms with Crippen molar-refractivity contribution in [3.63, 3.8) is 0 Å². The summed E-state index contributed by atoms with van der Waals surface area (Å²) in [4.78, 5) is 27.3. The Labute approximate surface area is 187 Å². The number of nitrogens with zero attached hydrogens (tertiary/aromatic N) is 2. The lowest BCUT2D eigenvalue weighted by Gasteiger charge is -2.26. The van der Waals surface area contributed by atoms with E-state index in [0.717, 1.165) is 10.9 Å². The zero-order valence-electron chi connectivity index (χ0n) is 18.7. The van der Waals surface area contributed by atoms with Gasteiger partial charge in [0, 0.05) is 24.0 Å². The predicted octanol–water partition coefficient (Wildman–Crippen LogP) is 4.48. The molecular formula is C25H28N2O5. The fraction of sp³-hybridized carbons (Fsp3) is 0.360. The minimum atomic E-state index is -0.608. The van der Waals surface area contributed by atoms with Gasteiger partial charge in [0.15, 0.2) is 0 Å². The van der Waals surface area contributed by atoms with E-state index in [-0.39, 0.29) is 12.5 Å². The normalized spacial score (nSPS) is 14.4. The third kappa shape index (κ3) is 4.94. The summed E-state index contributed by atoms with van der Waals surface area (Å²) in [6.45, 7) is 8.05. The van der Waals surface area contributed by atoms with Crippen LogP contribution >= 0.6 is 0 Å². The zero-order chi connectivity index (χ0) is 22.7. The minimum absolute atomic E-state index is 0.00935. The standard InChI is InChI=1S/C25H28N2O5/c1-25(2,3)32-24(29)27-20(16-19-6-4-5-7-22(19)27)17-31-21-10-8-18(9-11-21)23(28)26-12-14-30-15-13-26/h4-11,16H,12-15,17H2,1-3H3. The maximum Gasteiger partial charge on any atom is 0.419 e. The molecule has 1 fully saturated rings. The van der Waals surface area contributed by atoms with E-state index in [1.165, 1.54) is 0 Å². The summed E-state index contributed by atoms with van der Waals surface area (Å²) >= 11 is 0. The van der Waals surface area contributed by atoms with Crippen LogP contribution in [0.15, 0.2) is 54.6 Å². The van der Waals surface area contributed by atoms with Gasteiger partial charge in [-0.2, -0.15) is 0 Å². The molecule has 0 bridgehead atoms. The van der Waals surface area contributed by atoms with Crippen LogP contribution in [0, 0.1) is 0 Å². The van der Waals surface area contributed by atoms with Crippen molar-refractivity contribution < 1.29 is 23.8 Å². The van der Waals surface area contributed by atoms with Crippen molar-refractivity contribution in [1.82, 2.24) is 9.47 Å². The number of para-hydroxylation sites is 1. The average molecular weight is 437 g/mol. The summed E-state index contributed by atoms with van der Waals surface area (Å²) in [5.41, 5.74) is 1.46. The molecule has 0 atom stereocenters. The number of morpholine rings is 1. The second-order valence-electron chi connectivity index (χ2n) is 8.73. The Balaban J connectivity index is 1.50. The van der Waals surface area contributed by atoms with Gasteiger partial charge in [0.05, 0.1) is 24.4 Å². The monoisotopic (exact) mass is 436 g/mol. The molecule has 1 amide bonds. The molecule has 1 saturated heterocycles. The maximum absolute atomic E-state index is 12.9. The molecule has 0 N–H and O–H groups in total. The molecule has 2 aromatic carbocycles. The molecule has 1 aliphatic rings. The van der Waals surface area contributed by atoms with Crippen molar-refractivity contribution in [2.75, 3.05) is 26.3 Å². The Hall–Kier alpha value is -3.32. The lowest BCUT2D eigenvalue weighted by molar-refractivity contribution is 0.0303. The largest absolute Gasteiger partial charge is 0.487 e. The van der Waals surface area contributed by atoms with Gasteiger partial charge in [-0.3, -0.25) is 4.79 Å². The topological polar surface area (TPSA) is 70.0 Å². The third-order valence-electron chi connectivity index (χ3n) is 5.15. The molecule has 3 aromatic rings. The second-order valence-corrected chi connectivity index (χ2v) is 8.73. The Morgan fingerprint density at radius 3 is 2.38 bits per heavy atom. The summed E-state index contributed by atoms with van der Waals surface area (Å²) in [7, 11) is 0. The summed E-state index contributed by atoms with van der Waals surface area (Å²) < 4.78 is 18.4. The Bertz CT molecular complexity index is 1110. The van der Waals surface area contributed by atoms with Gasteiger partial charge in [-0.15, -0.1) is 0 Å². The molecule has 0 radical (unpaired) electrons. The molecule has 0 unspecified atom stereocenters. The second kappa shape index (κ2) is 9.04. The van der Waals surface area contributed by atoms with Crippen LogP contribution in [-0.4, -0.2) is 53.4 Å². The van der Waals surface area contributed by atoms with E-state index in [2.05, 4.69) is 0 Å². The Morgan fingerprint density at radius 1 is 1.00 bits per heavy atom. The van der Waals surface area contributed by atoms with Crippen LogP contribution in [0.4, 0.5) is 4.79 Å². The summed E-state index contributed by atoms with van der Waals surface area (Å²) in [5.74, 6) is 0.606. The van der Waals surface area contributed by atoms with Gasteiger partial charge in [-0.05, 0) is 57.2 Å². The molecule has 0 aliphatic carbocycles. The highest BCUT2D eigenvalue weighted by atomic mass is 16.6. The van der Waals surface area contributed by atoms with Crippen LogP contribution in [0.1, 0.15) is 36.8 Å². The van der Waals surface area contributed by atoms with Crippen molar-refractivity contribution in [3.8, 4) is 5.75 Å². The van der Waals surface area contributed by atoms with E-state index in [1.54, 1.807) is 33.7 Å². The van der Waals surface area contributed by atoms with Gasteiger partial charge in [0.2, 0.25) is 0 Å². The first-order valence-electron chi connectivity index (χ1n) is 10.7. The first kappa shape index (κ1) is 21.9. The number of hydrogen-bond donors (Lipinski definition) is 0. The number of fused-ring (bicyclic) bond motifs is 1. The van der Waals surface area contributed by atoms with Crippen molar-refractivity contribution in [1.29, 1.82) is 0 Å². The van der Waals surface area contributed by atoms with Crippen LogP contribution in [0.3, 0.4) is 0 Å². The quantitative estimate of drug-likeness (QED) is 0.603. The predicted molar refractivity (Wildman–Crippen MR) is 121 cm³/mol. The first-order chi connectivity index (χ1) is 15.3. The lowest BCUT2D eigenvalue weighted by Crippen LogP contribution is -2.40. The maximum atomic E-state index is 12.9. The molecular weight excluding hydrogens is 408 g/mol. The van der Waals surface area contributed by atoms with Crippen molar-refractivity contribution >= 4 is 22.9 Å². The number of aromatic nitrogens is 1. The van der Waals surface area contributed by atoms with E-state index >= 15 is 0 Å². The summed E-state index contributed by atoms with van der Waals surface area (Å²) in [5, 5.41) is 0.934. The van der Waals surface area contributed by atoms with Crippen LogP contribution in [0.2, 0.25) is 0 Å². The number of ether oxygens (including phenoxy) is 3. The minimum Gasteiger partial charge on any atom is -0.487 e. The average Bonchev–Trinajstić information content (AvgIpc) is 3.15. The highest BCUT2D eigenvalue weighted by Crippen LogP contribution is 2.24. The molecule has 7 heteroatoms. The summed E-state index contributed by atoms with van der Waals surface area (Å²) in [6.07, 6.45) is -0.441. The van der Waals surface area contributed by atoms with E-state index in [0.29, 0.717) is 43.3 Å². The van der Waals surface area contributed by atoms with Crippen molar-refractivity contribution in [2.24, 2.45) is 0 Å². The zero-order valence-corrected chi connectivity index (χ0v) is 18.7. The molecule has 4 rings (SSSR count). The fourth-order valence-corrected chi connectivity index (χ4v) is 3.64. The van der Waals surface area contributed by atoms with Crippen molar-refractivity contribution in [2.45, 2.75) is 33.0 Å². The van der Waals surface area contributed by atoms with E-state index < -0.39 is 11.7 Å². The van der Waals surface area contributed by atoms with Gasteiger partial charge in [-0.1, -0.05) is 18.2 Å². The Kier molecular flexibility index (Phi) is 6.19. The van der Waals surface area contributed by atoms with Gasteiger partial charge in [0.25, 0.3) is 5.91 Å². The highest BCUT2D eigenvalue weighted by molar-refractivity contribution is 5.94.